The monoisotopic (exact) mass is 179 g/mol. The molecule has 0 radical (unpaired) electrons. The Bertz CT molecular complexity index is 243. The van der Waals surface area contributed by atoms with Gasteiger partial charge in [-0.3, -0.25) is 0 Å². The molecule has 64 valence electrons. The van der Waals surface area contributed by atoms with Crippen molar-refractivity contribution in [2.75, 3.05) is 5.75 Å². The molecule has 1 rings (SSSR count). The molecular weight excluding hydrogens is 166 g/mol. The largest absolute Gasteiger partial charge is 0.310 e. The number of benzene rings is 1. The highest BCUT2D eigenvalue weighted by Gasteiger charge is 1.92. The molecule has 0 saturated heterocycles. The molecule has 2 heteroatoms. The normalized spacial score (nSPS) is 9.75. The van der Waals surface area contributed by atoms with Crippen LogP contribution < -0.4 is 0 Å². The van der Waals surface area contributed by atoms with Gasteiger partial charge >= 0.3 is 0 Å². The molecule has 1 nitrogen and oxygen atoms in total. The van der Waals surface area contributed by atoms with Crippen LogP contribution in [-0.4, -0.2) is 11.5 Å². The number of nitrogens with one attached hydrogen (secondary N) is 1. The average molecular weight is 179 g/mol. The number of hydrogen-bond acceptors (Lipinski definition) is 2. The molecule has 0 aromatic heterocycles. The number of hydrogen-bond donors (Lipinski definition) is 1. The van der Waals surface area contributed by atoms with Crippen LogP contribution in [0, 0.1) is 5.41 Å². The SMILES string of the molecule is CC(=N)CCSc1ccccc1. The molecule has 0 saturated carbocycles. The molecule has 0 bridgehead atoms. The van der Waals surface area contributed by atoms with Gasteiger partial charge in [0.2, 0.25) is 0 Å². The lowest BCUT2D eigenvalue weighted by Crippen LogP contribution is -1.89. The van der Waals surface area contributed by atoms with E-state index in [9.17, 15) is 0 Å². The van der Waals surface area contributed by atoms with Crippen molar-refractivity contribution in [1.29, 1.82) is 5.41 Å². The zero-order valence-corrected chi connectivity index (χ0v) is 8.03. The lowest BCUT2D eigenvalue weighted by Gasteiger charge is -1.99. The first kappa shape index (κ1) is 9.33. The molecule has 1 aromatic carbocycles. The Morgan fingerprint density at radius 2 is 2.00 bits per heavy atom. The summed E-state index contributed by atoms with van der Waals surface area (Å²) in [6.07, 6.45) is 0.888. The van der Waals surface area contributed by atoms with Gasteiger partial charge in [0.1, 0.15) is 0 Å². The zero-order chi connectivity index (χ0) is 8.81. The second-order valence-corrected chi connectivity index (χ2v) is 3.86. The van der Waals surface area contributed by atoms with Gasteiger partial charge in [-0.2, -0.15) is 0 Å². The molecule has 0 atom stereocenters. The zero-order valence-electron chi connectivity index (χ0n) is 7.21. The van der Waals surface area contributed by atoms with Crippen LogP contribution >= 0.6 is 11.8 Å². The van der Waals surface area contributed by atoms with Crippen molar-refractivity contribution in [3.63, 3.8) is 0 Å². The van der Waals surface area contributed by atoms with Gasteiger partial charge in [0.25, 0.3) is 0 Å². The second-order valence-electron chi connectivity index (χ2n) is 2.69. The predicted octanol–water partition coefficient (Wildman–Crippen LogP) is 3.21. The second kappa shape index (κ2) is 4.99. The van der Waals surface area contributed by atoms with E-state index in [-0.39, 0.29) is 0 Å². The topological polar surface area (TPSA) is 23.9 Å². The highest BCUT2D eigenvalue weighted by molar-refractivity contribution is 7.99. The summed E-state index contributed by atoms with van der Waals surface area (Å²) in [5.41, 5.74) is 0.762. The van der Waals surface area contributed by atoms with Crippen LogP contribution in [0.2, 0.25) is 0 Å². The highest BCUT2D eigenvalue weighted by Crippen LogP contribution is 2.17. The number of thioether (sulfide) groups is 1. The molecule has 0 aliphatic carbocycles. The van der Waals surface area contributed by atoms with E-state index in [2.05, 4.69) is 12.1 Å². The molecule has 0 aliphatic rings. The third-order valence-corrected chi connectivity index (χ3v) is 2.50. The van der Waals surface area contributed by atoms with E-state index in [0.29, 0.717) is 0 Å². The van der Waals surface area contributed by atoms with Crippen molar-refractivity contribution in [2.45, 2.75) is 18.2 Å². The van der Waals surface area contributed by atoms with E-state index in [0.717, 1.165) is 17.9 Å². The lowest BCUT2D eigenvalue weighted by molar-refractivity contribution is 1.24. The first-order valence-electron chi connectivity index (χ1n) is 4.01. The van der Waals surface area contributed by atoms with Crippen molar-refractivity contribution < 1.29 is 0 Å². The van der Waals surface area contributed by atoms with Gasteiger partial charge in [-0.15, -0.1) is 11.8 Å². The quantitative estimate of drug-likeness (QED) is 0.557. The summed E-state index contributed by atoms with van der Waals surface area (Å²) in [5.74, 6) is 1.01. The maximum Gasteiger partial charge on any atom is 0.00720 e. The third kappa shape index (κ3) is 3.58. The van der Waals surface area contributed by atoms with E-state index in [1.54, 1.807) is 0 Å². The highest BCUT2D eigenvalue weighted by atomic mass is 32.2. The average Bonchev–Trinajstić information content (AvgIpc) is 2.05. The van der Waals surface area contributed by atoms with Crippen LogP contribution in [0.15, 0.2) is 35.2 Å². The fourth-order valence-electron chi connectivity index (χ4n) is 0.839. The molecular formula is C10H13NS. The molecule has 0 aliphatic heterocycles. The fraction of sp³-hybridized carbons (Fsp3) is 0.300. The van der Waals surface area contributed by atoms with Crippen LogP contribution in [0.5, 0.6) is 0 Å². The molecule has 1 aromatic rings. The van der Waals surface area contributed by atoms with Gasteiger partial charge in [0.15, 0.2) is 0 Å². The van der Waals surface area contributed by atoms with Crippen molar-refractivity contribution in [1.82, 2.24) is 0 Å². The Balaban J connectivity index is 2.29. The van der Waals surface area contributed by atoms with Crippen molar-refractivity contribution in [3.05, 3.63) is 30.3 Å². The van der Waals surface area contributed by atoms with E-state index in [4.69, 9.17) is 5.41 Å². The van der Waals surface area contributed by atoms with Crippen LogP contribution in [0.4, 0.5) is 0 Å². The van der Waals surface area contributed by atoms with Crippen molar-refractivity contribution in [2.24, 2.45) is 0 Å². The molecule has 0 heterocycles. The van der Waals surface area contributed by atoms with E-state index in [1.807, 2.05) is 36.9 Å². The van der Waals surface area contributed by atoms with Crippen molar-refractivity contribution >= 4 is 17.5 Å². The maximum absolute atomic E-state index is 7.25. The molecule has 0 unspecified atom stereocenters. The van der Waals surface area contributed by atoms with E-state index < -0.39 is 0 Å². The minimum Gasteiger partial charge on any atom is -0.310 e. The minimum absolute atomic E-state index is 0.762. The first-order chi connectivity index (χ1) is 5.79. The predicted molar refractivity (Wildman–Crippen MR) is 55.2 cm³/mol. The smallest absolute Gasteiger partial charge is 0.00720 e. The summed E-state index contributed by atoms with van der Waals surface area (Å²) < 4.78 is 0. The van der Waals surface area contributed by atoms with Gasteiger partial charge in [-0.25, -0.2) is 0 Å². The van der Waals surface area contributed by atoms with Gasteiger partial charge in [-0.1, -0.05) is 18.2 Å². The lowest BCUT2D eigenvalue weighted by atomic mass is 10.3. The first-order valence-corrected chi connectivity index (χ1v) is 4.99. The summed E-state index contributed by atoms with van der Waals surface area (Å²) in [5, 5.41) is 7.25. The van der Waals surface area contributed by atoms with E-state index in [1.165, 1.54) is 4.90 Å². The van der Waals surface area contributed by atoms with Gasteiger partial charge < -0.3 is 5.41 Å². The summed E-state index contributed by atoms with van der Waals surface area (Å²) in [7, 11) is 0. The third-order valence-electron chi connectivity index (χ3n) is 1.49. The van der Waals surface area contributed by atoms with Gasteiger partial charge in [0, 0.05) is 16.4 Å². The fourth-order valence-corrected chi connectivity index (χ4v) is 1.83. The summed E-state index contributed by atoms with van der Waals surface area (Å²) in [6, 6.07) is 10.3. The maximum atomic E-state index is 7.25. The Labute approximate surface area is 77.7 Å². The Hall–Kier alpha value is -0.760. The minimum atomic E-state index is 0.762. The standard InChI is InChI=1S/C10H13NS/c1-9(11)7-8-12-10-5-3-2-4-6-10/h2-6,11H,7-8H2,1H3. The molecule has 12 heavy (non-hydrogen) atoms. The van der Waals surface area contributed by atoms with Crippen LogP contribution in [0.1, 0.15) is 13.3 Å². The van der Waals surface area contributed by atoms with Crippen LogP contribution in [-0.2, 0) is 0 Å². The van der Waals surface area contributed by atoms with Crippen LogP contribution in [0.3, 0.4) is 0 Å². The Morgan fingerprint density at radius 3 is 2.58 bits per heavy atom. The number of rotatable bonds is 4. The Kier molecular flexibility index (Phi) is 3.88. The molecule has 0 fully saturated rings. The summed E-state index contributed by atoms with van der Waals surface area (Å²) in [4.78, 5) is 1.29. The molecule has 1 N–H and O–H groups in total. The summed E-state index contributed by atoms with van der Waals surface area (Å²) in [6.45, 7) is 1.85. The van der Waals surface area contributed by atoms with Gasteiger partial charge in [0.05, 0.1) is 0 Å². The van der Waals surface area contributed by atoms with Crippen LogP contribution in [0.25, 0.3) is 0 Å². The molecule has 0 amide bonds. The van der Waals surface area contributed by atoms with Crippen molar-refractivity contribution in [3.8, 4) is 0 Å². The summed E-state index contributed by atoms with van der Waals surface area (Å²) >= 11 is 1.81. The molecule has 0 spiro atoms. The van der Waals surface area contributed by atoms with Gasteiger partial charge in [-0.05, 0) is 25.5 Å². The van der Waals surface area contributed by atoms with E-state index >= 15 is 0 Å². The Morgan fingerprint density at radius 1 is 1.33 bits per heavy atom.